The van der Waals surface area contributed by atoms with Crippen LogP contribution in [0.4, 0.5) is 0 Å². The molecule has 0 bridgehead atoms. The van der Waals surface area contributed by atoms with Crippen molar-refractivity contribution < 1.29 is 4.74 Å². The average Bonchev–Trinajstić information content (AvgIpc) is 2.41. The van der Waals surface area contributed by atoms with E-state index in [9.17, 15) is 0 Å². The van der Waals surface area contributed by atoms with Gasteiger partial charge >= 0.3 is 0 Å². The van der Waals surface area contributed by atoms with Crippen molar-refractivity contribution in [1.82, 2.24) is 0 Å². The third kappa shape index (κ3) is 3.98. The lowest BCUT2D eigenvalue weighted by Crippen LogP contribution is -1.97. The number of rotatable bonds is 4. The van der Waals surface area contributed by atoms with Crippen LogP contribution in [0.25, 0.3) is 0 Å². The second kappa shape index (κ2) is 6.78. The zero-order chi connectivity index (χ0) is 13.8. The lowest BCUT2D eigenvalue weighted by molar-refractivity contribution is 0.414. The molecule has 0 aliphatic rings. The molecule has 0 saturated carbocycles. The maximum absolute atomic E-state index is 6.50. The molecule has 0 saturated heterocycles. The first-order valence-electron chi connectivity index (χ1n) is 5.82. The number of halogens is 3. The number of benzene rings is 2. The molecule has 0 heterocycles. The van der Waals surface area contributed by atoms with Crippen molar-refractivity contribution in [2.24, 2.45) is 0 Å². The Balaban J connectivity index is 2.15. The molecule has 0 fully saturated rings. The molecule has 100 valence electrons. The molecule has 2 aromatic rings. The Morgan fingerprint density at radius 3 is 2.37 bits per heavy atom. The van der Waals surface area contributed by atoms with Crippen LogP contribution in [-0.2, 0) is 6.42 Å². The van der Waals surface area contributed by atoms with Crippen LogP contribution in [0, 0.1) is 0 Å². The average molecular weight is 405 g/mol. The van der Waals surface area contributed by atoms with Crippen LogP contribution in [-0.4, -0.2) is 7.11 Å². The number of alkyl halides is 1. The van der Waals surface area contributed by atoms with Gasteiger partial charge in [-0.2, -0.15) is 0 Å². The van der Waals surface area contributed by atoms with E-state index in [1.54, 1.807) is 7.11 Å². The maximum Gasteiger partial charge on any atom is 0.120 e. The summed E-state index contributed by atoms with van der Waals surface area (Å²) in [4.78, 5) is 0. The summed E-state index contributed by atoms with van der Waals surface area (Å²) in [5.41, 5.74) is 2.29. The molecule has 2 aromatic carbocycles. The van der Waals surface area contributed by atoms with E-state index in [2.05, 4.69) is 44.0 Å². The van der Waals surface area contributed by atoms with E-state index >= 15 is 0 Å². The molecule has 0 aromatic heterocycles. The Morgan fingerprint density at radius 2 is 1.79 bits per heavy atom. The van der Waals surface area contributed by atoms with Gasteiger partial charge in [0.15, 0.2) is 0 Å². The Kier molecular flexibility index (Phi) is 5.31. The summed E-state index contributed by atoms with van der Waals surface area (Å²) in [7, 11) is 1.65. The highest BCUT2D eigenvalue weighted by Gasteiger charge is 2.13. The molecule has 0 radical (unpaired) electrons. The van der Waals surface area contributed by atoms with Crippen molar-refractivity contribution in [3.05, 3.63) is 62.5 Å². The van der Waals surface area contributed by atoms with E-state index in [4.69, 9.17) is 16.3 Å². The fraction of sp³-hybridized carbons (Fsp3) is 0.200. The standard InChI is InChI=1S/C15H13Br2ClO/c1-19-12-6-7-13(14(17)9-12)15(18)8-10-2-4-11(16)5-3-10/h2-7,9,15H,8H2,1H3. The third-order valence-electron chi connectivity index (χ3n) is 2.87. The summed E-state index contributed by atoms with van der Waals surface area (Å²) in [6, 6.07) is 14.1. The van der Waals surface area contributed by atoms with Crippen molar-refractivity contribution in [1.29, 1.82) is 0 Å². The van der Waals surface area contributed by atoms with Gasteiger partial charge < -0.3 is 4.74 Å². The molecule has 1 atom stereocenters. The summed E-state index contributed by atoms with van der Waals surface area (Å²) in [6.07, 6.45) is 0.791. The minimum Gasteiger partial charge on any atom is -0.497 e. The minimum atomic E-state index is -0.0681. The van der Waals surface area contributed by atoms with Gasteiger partial charge in [0.1, 0.15) is 5.75 Å². The van der Waals surface area contributed by atoms with Gasteiger partial charge in [-0.1, -0.05) is 50.1 Å². The van der Waals surface area contributed by atoms with E-state index in [1.807, 2.05) is 30.3 Å². The van der Waals surface area contributed by atoms with Gasteiger partial charge in [-0.15, -0.1) is 11.6 Å². The van der Waals surface area contributed by atoms with Crippen LogP contribution in [0.3, 0.4) is 0 Å². The summed E-state index contributed by atoms with van der Waals surface area (Å²) in [5.74, 6) is 0.822. The van der Waals surface area contributed by atoms with Gasteiger partial charge in [-0.05, 0) is 41.8 Å². The topological polar surface area (TPSA) is 9.23 Å². The zero-order valence-corrected chi connectivity index (χ0v) is 14.3. The predicted molar refractivity (Wildman–Crippen MR) is 87.1 cm³/mol. The Bertz CT molecular complexity index is 555. The molecule has 0 aliphatic carbocycles. The minimum absolute atomic E-state index is 0.0681. The summed E-state index contributed by atoms with van der Waals surface area (Å²) >= 11 is 13.5. The molecule has 1 nitrogen and oxygen atoms in total. The van der Waals surface area contributed by atoms with Crippen LogP contribution < -0.4 is 4.74 Å². The highest BCUT2D eigenvalue weighted by Crippen LogP contribution is 2.33. The van der Waals surface area contributed by atoms with Crippen LogP contribution >= 0.6 is 43.5 Å². The number of ether oxygens (including phenoxy) is 1. The smallest absolute Gasteiger partial charge is 0.120 e. The molecule has 0 spiro atoms. The molecule has 0 amide bonds. The Hall–Kier alpha value is -0.510. The molecule has 19 heavy (non-hydrogen) atoms. The number of hydrogen-bond acceptors (Lipinski definition) is 1. The molecule has 0 aliphatic heterocycles. The van der Waals surface area contributed by atoms with E-state index in [1.165, 1.54) is 5.56 Å². The normalized spacial score (nSPS) is 12.2. The maximum atomic E-state index is 6.50. The van der Waals surface area contributed by atoms with Crippen molar-refractivity contribution in [3.8, 4) is 5.75 Å². The largest absolute Gasteiger partial charge is 0.497 e. The van der Waals surface area contributed by atoms with Crippen molar-refractivity contribution in [3.63, 3.8) is 0 Å². The first kappa shape index (κ1) is 14.9. The summed E-state index contributed by atoms with van der Waals surface area (Å²) < 4.78 is 7.24. The SMILES string of the molecule is COc1ccc(C(Cl)Cc2ccc(Br)cc2)c(Br)c1. The molecule has 4 heteroatoms. The van der Waals surface area contributed by atoms with Crippen molar-refractivity contribution in [2.75, 3.05) is 7.11 Å². The zero-order valence-electron chi connectivity index (χ0n) is 10.4. The quantitative estimate of drug-likeness (QED) is 0.590. The summed E-state index contributed by atoms with van der Waals surface area (Å²) in [5, 5.41) is -0.0681. The number of methoxy groups -OCH3 is 1. The molecule has 0 N–H and O–H groups in total. The second-order valence-corrected chi connectivity index (χ2v) is 6.48. The highest BCUT2D eigenvalue weighted by atomic mass is 79.9. The molecular formula is C15H13Br2ClO. The van der Waals surface area contributed by atoms with Crippen LogP contribution in [0.15, 0.2) is 51.4 Å². The van der Waals surface area contributed by atoms with E-state index in [-0.39, 0.29) is 5.38 Å². The highest BCUT2D eigenvalue weighted by molar-refractivity contribution is 9.10. The Morgan fingerprint density at radius 1 is 1.11 bits per heavy atom. The van der Waals surface area contributed by atoms with Gasteiger partial charge in [-0.3, -0.25) is 0 Å². The monoisotopic (exact) mass is 402 g/mol. The van der Waals surface area contributed by atoms with E-state index in [0.29, 0.717) is 0 Å². The lowest BCUT2D eigenvalue weighted by Gasteiger charge is -2.13. The third-order valence-corrected chi connectivity index (χ3v) is 4.48. The van der Waals surface area contributed by atoms with Crippen LogP contribution in [0.2, 0.25) is 0 Å². The van der Waals surface area contributed by atoms with Gasteiger partial charge in [0.2, 0.25) is 0 Å². The fourth-order valence-corrected chi connectivity index (χ4v) is 3.22. The molecular weight excluding hydrogens is 391 g/mol. The van der Waals surface area contributed by atoms with Crippen LogP contribution in [0.1, 0.15) is 16.5 Å². The molecule has 1 unspecified atom stereocenters. The van der Waals surface area contributed by atoms with Gasteiger partial charge in [0, 0.05) is 8.95 Å². The predicted octanol–water partition coefficient (Wildman–Crippen LogP) is 5.74. The second-order valence-electron chi connectivity index (χ2n) is 4.19. The lowest BCUT2D eigenvalue weighted by atomic mass is 10.0. The van der Waals surface area contributed by atoms with Crippen LogP contribution in [0.5, 0.6) is 5.75 Å². The van der Waals surface area contributed by atoms with E-state index < -0.39 is 0 Å². The van der Waals surface area contributed by atoms with Gasteiger partial charge in [0.25, 0.3) is 0 Å². The van der Waals surface area contributed by atoms with E-state index in [0.717, 1.165) is 26.7 Å². The summed E-state index contributed by atoms with van der Waals surface area (Å²) in [6.45, 7) is 0. The fourth-order valence-electron chi connectivity index (χ4n) is 1.83. The van der Waals surface area contributed by atoms with Crippen molar-refractivity contribution >= 4 is 43.5 Å². The Labute approximate surface area is 135 Å². The van der Waals surface area contributed by atoms with Crippen molar-refractivity contribution in [2.45, 2.75) is 11.8 Å². The van der Waals surface area contributed by atoms with Gasteiger partial charge in [0.05, 0.1) is 12.5 Å². The van der Waals surface area contributed by atoms with Gasteiger partial charge in [-0.25, -0.2) is 0 Å². The first-order valence-corrected chi connectivity index (χ1v) is 7.84. The number of hydrogen-bond donors (Lipinski definition) is 0. The first-order chi connectivity index (χ1) is 9.10. The molecule has 2 rings (SSSR count).